The van der Waals surface area contributed by atoms with Gasteiger partial charge in [-0.25, -0.2) is 0 Å². The normalized spacial score (nSPS) is 25.5. The highest BCUT2D eigenvalue weighted by atomic mass is 19.4. The van der Waals surface area contributed by atoms with Gasteiger partial charge < -0.3 is 10.5 Å². The van der Waals surface area contributed by atoms with E-state index in [1.54, 1.807) is 12.1 Å². The molecule has 0 saturated heterocycles. The zero-order chi connectivity index (χ0) is 12.6. The first-order chi connectivity index (χ1) is 7.88. The molecule has 1 aromatic rings. The van der Waals surface area contributed by atoms with Gasteiger partial charge in [0.15, 0.2) is 0 Å². The Morgan fingerprint density at radius 2 is 2.00 bits per heavy atom. The van der Waals surface area contributed by atoms with Crippen LogP contribution in [0, 0.1) is 5.92 Å². The molecule has 3 atom stereocenters. The number of ether oxygens (including phenoxy) is 1. The van der Waals surface area contributed by atoms with Crippen LogP contribution >= 0.6 is 0 Å². The fourth-order valence-electron chi connectivity index (χ4n) is 2.16. The number of alkyl halides is 3. The summed E-state index contributed by atoms with van der Waals surface area (Å²) in [7, 11) is 0. The zero-order valence-electron chi connectivity index (χ0n) is 9.37. The Morgan fingerprint density at radius 3 is 2.53 bits per heavy atom. The van der Waals surface area contributed by atoms with Gasteiger partial charge in [0, 0.05) is 6.04 Å². The summed E-state index contributed by atoms with van der Waals surface area (Å²) in [5.74, 6) is 0.245. The number of hydrogen-bond acceptors (Lipinski definition) is 2. The molecular formula is C12H14F3NO. The number of halogens is 3. The van der Waals surface area contributed by atoms with E-state index in [0.29, 0.717) is 5.56 Å². The van der Waals surface area contributed by atoms with Crippen molar-refractivity contribution in [2.75, 3.05) is 0 Å². The first kappa shape index (κ1) is 12.2. The second-order valence-electron chi connectivity index (χ2n) is 4.45. The number of benzene rings is 1. The Bertz CT molecular complexity index is 403. The van der Waals surface area contributed by atoms with Crippen LogP contribution < -0.4 is 10.5 Å². The molecule has 0 aromatic heterocycles. The van der Waals surface area contributed by atoms with Gasteiger partial charge in [-0.05, 0) is 36.8 Å². The Balaban J connectivity index is 2.18. The SMILES string of the molecule is C[C@H](N)[C@@H]1C[C@@H]1c1ccccc1OC(F)(F)F. The van der Waals surface area contributed by atoms with Crippen molar-refractivity contribution in [2.24, 2.45) is 11.7 Å². The Kier molecular flexibility index (Phi) is 3.03. The molecule has 2 nitrogen and oxygen atoms in total. The van der Waals surface area contributed by atoms with Gasteiger partial charge in [0.05, 0.1) is 0 Å². The first-order valence-corrected chi connectivity index (χ1v) is 5.49. The van der Waals surface area contributed by atoms with E-state index in [1.165, 1.54) is 12.1 Å². The minimum absolute atomic E-state index is 0.000979. The summed E-state index contributed by atoms with van der Waals surface area (Å²) < 4.78 is 40.7. The van der Waals surface area contributed by atoms with Crippen LogP contribution in [0.5, 0.6) is 5.75 Å². The van der Waals surface area contributed by atoms with Gasteiger partial charge >= 0.3 is 6.36 Å². The maximum atomic E-state index is 12.2. The molecule has 1 aromatic carbocycles. The molecule has 2 N–H and O–H groups in total. The lowest BCUT2D eigenvalue weighted by molar-refractivity contribution is -0.274. The molecule has 0 radical (unpaired) electrons. The van der Waals surface area contributed by atoms with Crippen LogP contribution in [0.25, 0.3) is 0 Å². The second-order valence-corrected chi connectivity index (χ2v) is 4.45. The lowest BCUT2D eigenvalue weighted by Crippen LogP contribution is -2.19. The summed E-state index contributed by atoms with van der Waals surface area (Å²) >= 11 is 0. The highest BCUT2D eigenvalue weighted by molar-refractivity contribution is 5.40. The Hall–Kier alpha value is -1.23. The molecule has 1 fully saturated rings. The lowest BCUT2D eigenvalue weighted by Gasteiger charge is -2.13. The van der Waals surface area contributed by atoms with E-state index in [4.69, 9.17) is 5.73 Å². The quantitative estimate of drug-likeness (QED) is 0.888. The van der Waals surface area contributed by atoms with Gasteiger partial charge in [0.2, 0.25) is 0 Å². The highest BCUT2D eigenvalue weighted by Gasteiger charge is 2.43. The standard InChI is InChI=1S/C12H14F3NO/c1-7(16)9-6-10(9)8-4-2-3-5-11(8)17-12(13,14)15/h2-5,7,9-10H,6,16H2,1H3/t7-,9-,10+/m0/s1. The zero-order valence-corrected chi connectivity index (χ0v) is 9.37. The summed E-state index contributed by atoms with van der Waals surface area (Å²) in [6.07, 6.45) is -3.81. The van der Waals surface area contributed by atoms with E-state index in [2.05, 4.69) is 4.74 Å². The van der Waals surface area contributed by atoms with Gasteiger partial charge in [-0.2, -0.15) is 0 Å². The van der Waals surface area contributed by atoms with Crippen LogP contribution in [-0.2, 0) is 0 Å². The van der Waals surface area contributed by atoms with Crippen molar-refractivity contribution in [3.05, 3.63) is 29.8 Å². The Morgan fingerprint density at radius 1 is 1.35 bits per heavy atom. The van der Waals surface area contributed by atoms with Crippen molar-refractivity contribution < 1.29 is 17.9 Å². The molecule has 0 aliphatic heterocycles. The van der Waals surface area contributed by atoms with E-state index in [9.17, 15) is 13.2 Å². The molecule has 0 spiro atoms. The summed E-state index contributed by atoms with van der Waals surface area (Å²) in [5, 5.41) is 0. The minimum atomic E-state index is -4.64. The molecule has 17 heavy (non-hydrogen) atoms. The van der Waals surface area contributed by atoms with Crippen molar-refractivity contribution in [3.63, 3.8) is 0 Å². The number of rotatable bonds is 3. The van der Waals surface area contributed by atoms with Gasteiger partial charge in [-0.3, -0.25) is 0 Å². The number of para-hydroxylation sites is 1. The highest BCUT2D eigenvalue weighted by Crippen LogP contribution is 2.52. The molecule has 5 heteroatoms. The van der Waals surface area contributed by atoms with E-state index >= 15 is 0 Å². The topological polar surface area (TPSA) is 35.2 Å². The van der Waals surface area contributed by atoms with Crippen LogP contribution in [0.1, 0.15) is 24.8 Å². The fourth-order valence-corrected chi connectivity index (χ4v) is 2.16. The molecule has 0 amide bonds. The minimum Gasteiger partial charge on any atom is -0.405 e. The van der Waals surface area contributed by atoms with Gasteiger partial charge in [0.25, 0.3) is 0 Å². The monoisotopic (exact) mass is 245 g/mol. The van der Waals surface area contributed by atoms with Crippen LogP contribution in [0.2, 0.25) is 0 Å². The van der Waals surface area contributed by atoms with Gasteiger partial charge in [0.1, 0.15) is 5.75 Å². The molecule has 2 rings (SSSR count). The van der Waals surface area contributed by atoms with E-state index in [-0.39, 0.29) is 23.6 Å². The first-order valence-electron chi connectivity index (χ1n) is 5.49. The average molecular weight is 245 g/mol. The predicted octanol–water partition coefficient (Wildman–Crippen LogP) is 3.04. The third-order valence-electron chi connectivity index (χ3n) is 3.06. The van der Waals surface area contributed by atoms with Gasteiger partial charge in [-0.15, -0.1) is 13.2 Å². The lowest BCUT2D eigenvalue weighted by atomic mass is 10.1. The third-order valence-corrected chi connectivity index (χ3v) is 3.06. The van der Waals surface area contributed by atoms with Gasteiger partial charge in [-0.1, -0.05) is 18.2 Å². The van der Waals surface area contributed by atoms with E-state index < -0.39 is 6.36 Å². The smallest absolute Gasteiger partial charge is 0.405 e. The Labute approximate surface area is 97.6 Å². The van der Waals surface area contributed by atoms with Crippen LogP contribution in [0.4, 0.5) is 13.2 Å². The summed E-state index contributed by atoms with van der Waals surface area (Å²) in [4.78, 5) is 0. The van der Waals surface area contributed by atoms with Crippen LogP contribution in [-0.4, -0.2) is 12.4 Å². The largest absolute Gasteiger partial charge is 0.573 e. The van der Waals surface area contributed by atoms with Crippen molar-refractivity contribution >= 4 is 0 Å². The summed E-state index contributed by atoms with van der Waals surface area (Å²) in [5.41, 5.74) is 6.34. The van der Waals surface area contributed by atoms with Crippen molar-refractivity contribution in [1.82, 2.24) is 0 Å². The van der Waals surface area contributed by atoms with Crippen molar-refractivity contribution in [2.45, 2.75) is 31.7 Å². The van der Waals surface area contributed by atoms with Crippen LogP contribution in [0.3, 0.4) is 0 Å². The molecule has 1 aliphatic carbocycles. The summed E-state index contributed by atoms with van der Waals surface area (Å²) in [6.45, 7) is 1.87. The summed E-state index contributed by atoms with van der Waals surface area (Å²) in [6, 6.07) is 6.27. The maximum Gasteiger partial charge on any atom is 0.573 e. The van der Waals surface area contributed by atoms with Crippen molar-refractivity contribution in [1.29, 1.82) is 0 Å². The number of hydrogen-bond donors (Lipinski definition) is 1. The molecule has 0 unspecified atom stereocenters. The fraction of sp³-hybridized carbons (Fsp3) is 0.500. The third kappa shape index (κ3) is 2.91. The molecule has 1 aliphatic rings. The molecule has 0 bridgehead atoms. The second kappa shape index (κ2) is 4.22. The van der Waals surface area contributed by atoms with E-state index in [0.717, 1.165) is 6.42 Å². The van der Waals surface area contributed by atoms with Crippen molar-refractivity contribution in [3.8, 4) is 5.75 Å². The maximum absolute atomic E-state index is 12.2. The number of nitrogens with two attached hydrogens (primary N) is 1. The van der Waals surface area contributed by atoms with Crippen LogP contribution in [0.15, 0.2) is 24.3 Å². The molecule has 0 heterocycles. The average Bonchev–Trinajstić information content (AvgIpc) is 2.95. The molecule has 1 saturated carbocycles. The molecular weight excluding hydrogens is 231 g/mol. The molecule has 94 valence electrons. The van der Waals surface area contributed by atoms with E-state index in [1.807, 2.05) is 6.92 Å². The predicted molar refractivity (Wildman–Crippen MR) is 57.6 cm³/mol.